The molecule has 0 amide bonds. The highest BCUT2D eigenvalue weighted by Gasteiger charge is 2.30. The van der Waals surface area contributed by atoms with Gasteiger partial charge in [0.2, 0.25) is 0 Å². The predicted molar refractivity (Wildman–Crippen MR) is 94.3 cm³/mol. The van der Waals surface area contributed by atoms with Crippen LogP contribution in [0.4, 0.5) is 24.5 Å². The molecule has 2 rings (SSSR count). The number of phenols is 1. The van der Waals surface area contributed by atoms with E-state index < -0.39 is 17.2 Å². The lowest BCUT2D eigenvalue weighted by atomic mass is 10.2. The predicted octanol–water partition coefficient (Wildman–Crippen LogP) is 5.76. The second-order valence-electron chi connectivity index (χ2n) is 4.96. The number of anilines is 2. The van der Waals surface area contributed by atoms with Crippen LogP contribution in [-0.4, -0.2) is 10.6 Å². The molecule has 0 aromatic heterocycles. The lowest BCUT2D eigenvalue weighted by Crippen LogP contribution is -2.22. The van der Waals surface area contributed by atoms with E-state index in [1.165, 1.54) is 18.2 Å². The van der Waals surface area contributed by atoms with Gasteiger partial charge in [-0.3, -0.25) is 0 Å². The molecule has 0 spiro atoms. The molecule has 2 aromatic rings. The van der Waals surface area contributed by atoms with E-state index in [0.29, 0.717) is 16.3 Å². The molecule has 0 saturated heterocycles. The minimum atomic E-state index is -4.39. The normalized spacial score (nSPS) is 12.8. The summed E-state index contributed by atoms with van der Waals surface area (Å²) >= 11 is 16.2. The van der Waals surface area contributed by atoms with Crippen LogP contribution in [0.1, 0.15) is 11.1 Å². The van der Waals surface area contributed by atoms with Crippen molar-refractivity contribution in [2.24, 2.45) is 0 Å². The molecule has 0 bridgehead atoms. The molecule has 0 aliphatic rings. The molecule has 0 heterocycles. The molecule has 0 fully saturated rings. The van der Waals surface area contributed by atoms with Gasteiger partial charge in [0, 0.05) is 10.7 Å². The Kier molecular flexibility index (Phi) is 5.67. The largest absolute Gasteiger partial charge is 0.504 e. The molecular formula is C15H13Cl2F3N2OS. The van der Waals surface area contributed by atoms with Crippen LogP contribution in [0.2, 0.25) is 10.0 Å². The van der Waals surface area contributed by atoms with Crippen LogP contribution >= 0.6 is 35.8 Å². The van der Waals surface area contributed by atoms with Crippen LogP contribution in [0, 0.1) is 6.92 Å². The standard InChI is InChI=1S/C15H13Cl2F3N2OS/c1-7-10(16)6-11(13(23)12(7)17)22-14(24)21-9-4-2-8(3-5-9)15(18,19)20/h2-6,14,21-24H,1H3. The fourth-order valence-corrected chi connectivity index (χ4v) is 2.65. The first-order valence-electron chi connectivity index (χ1n) is 6.65. The number of nitrogens with one attached hydrogen (secondary N) is 2. The summed E-state index contributed by atoms with van der Waals surface area (Å²) < 4.78 is 37.6. The van der Waals surface area contributed by atoms with Gasteiger partial charge in [0.05, 0.1) is 16.3 Å². The summed E-state index contributed by atoms with van der Waals surface area (Å²) in [4.78, 5) is 0. The molecule has 3 nitrogen and oxygen atoms in total. The van der Waals surface area contributed by atoms with Crippen LogP contribution in [0.25, 0.3) is 0 Å². The zero-order chi connectivity index (χ0) is 18.1. The van der Waals surface area contributed by atoms with Crippen molar-refractivity contribution in [1.29, 1.82) is 0 Å². The van der Waals surface area contributed by atoms with E-state index in [0.717, 1.165) is 12.1 Å². The van der Waals surface area contributed by atoms with E-state index in [1.807, 2.05) is 0 Å². The van der Waals surface area contributed by atoms with E-state index in [-0.39, 0.29) is 16.5 Å². The molecule has 24 heavy (non-hydrogen) atoms. The number of thiol groups is 1. The number of alkyl halides is 3. The number of hydrogen-bond acceptors (Lipinski definition) is 4. The summed E-state index contributed by atoms with van der Waals surface area (Å²) in [6.07, 6.45) is -4.39. The molecule has 0 aliphatic heterocycles. The van der Waals surface area contributed by atoms with Gasteiger partial charge in [-0.2, -0.15) is 13.2 Å². The summed E-state index contributed by atoms with van der Waals surface area (Å²) in [5.41, 5.74) is -0.254. The molecular weight excluding hydrogens is 384 g/mol. The van der Waals surface area contributed by atoms with Gasteiger partial charge < -0.3 is 15.7 Å². The van der Waals surface area contributed by atoms with Crippen LogP contribution in [0.5, 0.6) is 5.75 Å². The Bertz CT molecular complexity index is 739. The van der Waals surface area contributed by atoms with Crippen molar-refractivity contribution in [1.82, 2.24) is 0 Å². The van der Waals surface area contributed by atoms with Gasteiger partial charge in [-0.15, -0.1) is 12.6 Å². The second kappa shape index (κ2) is 7.21. The Morgan fingerprint density at radius 3 is 2.25 bits per heavy atom. The lowest BCUT2D eigenvalue weighted by molar-refractivity contribution is -0.137. The number of halogens is 5. The van der Waals surface area contributed by atoms with Crippen molar-refractivity contribution in [3.8, 4) is 5.75 Å². The van der Waals surface area contributed by atoms with Gasteiger partial charge in [0.15, 0.2) is 5.75 Å². The van der Waals surface area contributed by atoms with Crippen molar-refractivity contribution in [3.05, 3.63) is 51.5 Å². The summed E-state index contributed by atoms with van der Waals surface area (Å²) in [5.74, 6) is -0.188. The maximum absolute atomic E-state index is 12.5. The average molecular weight is 397 g/mol. The Morgan fingerprint density at radius 1 is 1.12 bits per heavy atom. The van der Waals surface area contributed by atoms with Crippen molar-refractivity contribution in [2.75, 3.05) is 10.6 Å². The summed E-state index contributed by atoms with van der Waals surface area (Å²) in [5, 5.41) is 16.1. The van der Waals surface area contributed by atoms with Crippen LogP contribution in [0.15, 0.2) is 30.3 Å². The third kappa shape index (κ3) is 4.34. The second-order valence-corrected chi connectivity index (χ2v) is 6.26. The number of aromatic hydroxyl groups is 1. The highest BCUT2D eigenvalue weighted by molar-refractivity contribution is 7.81. The van der Waals surface area contributed by atoms with Gasteiger partial charge in [-0.1, -0.05) is 23.2 Å². The van der Waals surface area contributed by atoms with Gasteiger partial charge >= 0.3 is 6.18 Å². The zero-order valence-corrected chi connectivity index (χ0v) is 14.7. The van der Waals surface area contributed by atoms with E-state index in [2.05, 4.69) is 23.3 Å². The summed E-state index contributed by atoms with van der Waals surface area (Å²) in [6, 6.07) is 5.96. The molecule has 9 heteroatoms. The Hall–Kier alpha value is -1.44. The minimum absolute atomic E-state index is 0.111. The molecule has 3 N–H and O–H groups in total. The first-order chi connectivity index (χ1) is 11.1. The third-order valence-corrected chi connectivity index (χ3v) is 4.34. The zero-order valence-electron chi connectivity index (χ0n) is 12.2. The molecule has 0 radical (unpaired) electrons. The van der Waals surface area contributed by atoms with Gasteiger partial charge in [-0.25, -0.2) is 0 Å². The van der Waals surface area contributed by atoms with Gasteiger partial charge in [-0.05, 0) is 42.8 Å². The van der Waals surface area contributed by atoms with Crippen molar-refractivity contribution in [2.45, 2.75) is 18.6 Å². The number of benzene rings is 2. The average Bonchev–Trinajstić information content (AvgIpc) is 2.50. The fourth-order valence-electron chi connectivity index (χ4n) is 1.91. The number of hydrogen-bond donors (Lipinski definition) is 4. The SMILES string of the molecule is Cc1c(Cl)cc(NC(S)Nc2ccc(C(F)(F)F)cc2)c(O)c1Cl. The monoisotopic (exact) mass is 396 g/mol. The van der Waals surface area contributed by atoms with Crippen molar-refractivity contribution in [3.63, 3.8) is 0 Å². The van der Waals surface area contributed by atoms with E-state index in [1.54, 1.807) is 6.92 Å². The van der Waals surface area contributed by atoms with Crippen LogP contribution in [-0.2, 0) is 6.18 Å². The van der Waals surface area contributed by atoms with Gasteiger partial charge in [0.25, 0.3) is 0 Å². The summed E-state index contributed by atoms with van der Waals surface area (Å²) in [6.45, 7) is 1.66. The minimum Gasteiger partial charge on any atom is -0.504 e. The highest BCUT2D eigenvalue weighted by Crippen LogP contribution is 2.39. The molecule has 1 unspecified atom stereocenters. The molecule has 0 saturated carbocycles. The maximum Gasteiger partial charge on any atom is 0.416 e. The topological polar surface area (TPSA) is 44.3 Å². The molecule has 0 aliphatic carbocycles. The number of phenolic OH excluding ortho intramolecular Hbond substituents is 1. The molecule has 2 aromatic carbocycles. The maximum atomic E-state index is 12.5. The number of rotatable bonds is 4. The van der Waals surface area contributed by atoms with Crippen LogP contribution in [0.3, 0.4) is 0 Å². The Labute approximate surface area is 152 Å². The Balaban J connectivity index is 2.10. The van der Waals surface area contributed by atoms with E-state index in [9.17, 15) is 18.3 Å². The first-order valence-corrected chi connectivity index (χ1v) is 7.93. The Morgan fingerprint density at radius 2 is 1.71 bits per heavy atom. The quantitative estimate of drug-likeness (QED) is 0.301. The summed E-state index contributed by atoms with van der Waals surface area (Å²) in [7, 11) is 0. The molecule has 130 valence electrons. The van der Waals surface area contributed by atoms with E-state index in [4.69, 9.17) is 23.2 Å². The molecule has 1 atom stereocenters. The smallest absolute Gasteiger partial charge is 0.416 e. The van der Waals surface area contributed by atoms with Crippen molar-refractivity contribution >= 4 is 47.2 Å². The van der Waals surface area contributed by atoms with Gasteiger partial charge in [0.1, 0.15) is 5.50 Å². The first kappa shape index (κ1) is 18.9. The highest BCUT2D eigenvalue weighted by atomic mass is 35.5. The van der Waals surface area contributed by atoms with E-state index >= 15 is 0 Å². The lowest BCUT2D eigenvalue weighted by Gasteiger charge is -2.19. The third-order valence-electron chi connectivity index (χ3n) is 3.23. The fraction of sp³-hybridized carbons (Fsp3) is 0.200. The van der Waals surface area contributed by atoms with Crippen molar-refractivity contribution < 1.29 is 18.3 Å². The van der Waals surface area contributed by atoms with Crippen LogP contribution < -0.4 is 10.6 Å².